The molecule has 1 aliphatic rings. The summed E-state index contributed by atoms with van der Waals surface area (Å²) >= 11 is 0. The molecule has 1 fully saturated rings. The number of rotatable bonds is 8. The van der Waals surface area contributed by atoms with Crippen molar-refractivity contribution in [1.29, 1.82) is 0 Å². The lowest BCUT2D eigenvalue weighted by atomic mass is 9.96. The average Bonchev–Trinajstić information content (AvgIpc) is 2.62. The molecular formula is C19H38N6O2. The number of nitrogens with zero attached hydrogens (tertiary/aromatic N) is 2. The molecule has 0 atom stereocenters. The van der Waals surface area contributed by atoms with Crippen molar-refractivity contribution in [3.05, 3.63) is 0 Å². The van der Waals surface area contributed by atoms with E-state index in [9.17, 15) is 9.59 Å². The third kappa shape index (κ3) is 9.60. The van der Waals surface area contributed by atoms with Crippen LogP contribution in [0, 0.1) is 5.41 Å². The zero-order chi connectivity index (χ0) is 20.3. The smallest absolute Gasteiger partial charge is 0.234 e. The van der Waals surface area contributed by atoms with Crippen LogP contribution in [0.15, 0.2) is 4.99 Å². The molecule has 0 unspecified atom stereocenters. The third-order valence-electron chi connectivity index (χ3n) is 4.48. The minimum Gasteiger partial charge on any atom is -0.355 e. The fraction of sp³-hybridized carbons (Fsp3) is 0.842. The van der Waals surface area contributed by atoms with Crippen LogP contribution in [0.1, 0.15) is 47.0 Å². The normalized spacial score (nSPS) is 16.7. The number of carbonyl (C=O) groups is 2. The predicted molar refractivity (Wildman–Crippen MR) is 110 cm³/mol. The fourth-order valence-corrected chi connectivity index (χ4v) is 2.77. The summed E-state index contributed by atoms with van der Waals surface area (Å²) < 4.78 is 0. The summed E-state index contributed by atoms with van der Waals surface area (Å²) in [5, 5.41) is 12.5. The summed E-state index contributed by atoms with van der Waals surface area (Å²) in [7, 11) is 1.75. The first-order valence-electron chi connectivity index (χ1n) is 10.0. The van der Waals surface area contributed by atoms with E-state index in [0.717, 1.165) is 44.9 Å². The molecule has 0 bridgehead atoms. The highest BCUT2D eigenvalue weighted by Crippen LogP contribution is 2.12. The highest BCUT2D eigenvalue weighted by molar-refractivity contribution is 5.82. The largest absolute Gasteiger partial charge is 0.355 e. The Morgan fingerprint density at radius 3 is 2.22 bits per heavy atom. The van der Waals surface area contributed by atoms with Gasteiger partial charge in [-0.2, -0.15) is 0 Å². The Kier molecular flexibility index (Phi) is 10.1. The topological polar surface area (TPSA) is 97.9 Å². The molecule has 156 valence electrons. The molecule has 0 saturated carbocycles. The van der Waals surface area contributed by atoms with Crippen molar-refractivity contribution < 1.29 is 9.59 Å². The van der Waals surface area contributed by atoms with Crippen molar-refractivity contribution in [3.8, 4) is 0 Å². The fourth-order valence-electron chi connectivity index (χ4n) is 2.77. The summed E-state index contributed by atoms with van der Waals surface area (Å²) in [4.78, 5) is 30.1. The van der Waals surface area contributed by atoms with Crippen molar-refractivity contribution in [1.82, 2.24) is 26.2 Å². The molecule has 1 heterocycles. The van der Waals surface area contributed by atoms with E-state index in [1.807, 2.05) is 20.8 Å². The Labute approximate surface area is 163 Å². The van der Waals surface area contributed by atoms with Gasteiger partial charge in [0.2, 0.25) is 11.8 Å². The quantitative estimate of drug-likeness (QED) is 0.275. The van der Waals surface area contributed by atoms with E-state index < -0.39 is 0 Å². The summed E-state index contributed by atoms with van der Waals surface area (Å²) in [6, 6.07) is 0.343. The molecule has 0 spiro atoms. The van der Waals surface area contributed by atoms with E-state index in [2.05, 4.69) is 38.1 Å². The van der Waals surface area contributed by atoms with Gasteiger partial charge in [-0.3, -0.25) is 19.5 Å². The number of hydrogen-bond donors (Lipinski definition) is 4. The first-order chi connectivity index (χ1) is 12.8. The Morgan fingerprint density at radius 1 is 1.04 bits per heavy atom. The van der Waals surface area contributed by atoms with Gasteiger partial charge in [-0.25, -0.2) is 0 Å². The van der Waals surface area contributed by atoms with Crippen LogP contribution in [0.25, 0.3) is 0 Å². The molecule has 0 aromatic rings. The molecule has 1 aliphatic heterocycles. The van der Waals surface area contributed by atoms with Crippen molar-refractivity contribution in [2.24, 2.45) is 10.4 Å². The lowest BCUT2D eigenvalue weighted by Crippen LogP contribution is -2.51. The Bertz CT molecular complexity index is 493. The summed E-state index contributed by atoms with van der Waals surface area (Å²) in [6.45, 7) is 12.0. The highest BCUT2D eigenvalue weighted by atomic mass is 16.2. The maximum Gasteiger partial charge on any atom is 0.234 e. The summed E-state index contributed by atoms with van der Waals surface area (Å²) in [5.74, 6) is 0.903. The van der Waals surface area contributed by atoms with Gasteiger partial charge in [0, 0.05) is 51.2 Å². The maximum absolute atomic E-state index is 11.8. The molecule has 8 nitrogen and oxygen atoms in total. The minimum atomic E-state index is -0.374. The van der Waals surface area contributed by atoms with Gasteiger partial charge in [0.1, 0.15) is 0 Å². The van der Waals surface area contributed by atoms with Crippen LogP contribution in [-0.2, 0) is 9.59 Å². The van der Waals surface area contributed by atoms with Crippen LogP contribution in [0.5, 0.6) is 0 Å². The highest BCUT2D eigenvalue weighted by Gasteiger charge is 2.22. The third-order valence-corrected chi connectivity index (χ3v) is 4.48. The van der Waals surface area contributed by atoms with Gasteiger partial charge >= 0.3 is 0 Å². The van der Waals surface area contributed by atoms with Gasteiger partial charge < -0.3 is 21.3 Å². The molecule has 0 aromatic heterocycles. The molecule has 0 radical (unpaired) electrons. The summed E-state index contributed by atoms with van der Waals surface area (Å²) in [6.07, 6.45) is 2.91. The van der Waals surface area contributed by atoms with Crippen LogP contribution in [0.2, 0.25) is 0 Å². The second kappa shape index (κ2) is 11.8. The van der Waals surface area contributed by atoms with Gasteiger partial charge in [0.25, 0.3) is 0 Å². The van der Waals surface area contributed by atoms with Gasteiger partial charge in [-0.05, 0) is 19.3 Å². The van der Waals surface area contributed by atoms with E-state index in [1.54, 1.807) is 7.05 Å². The standard InChI is InChI=1S/C19H38N6O2/c1-6-9-21-16(26)14-25-12-7-15(8-13-25)24-18(20-5)23-11-10-22-17(27)19(2,3)4/h15H,6-14H2,1-5H3,(H,21,26)(H,22,27)(H2,20,23,24). The number of piperidine rings is 1. The Morgan fingerprint density at radius 2 is 1.67 bits per heavy atom. The van der Waals surface area contributed by atoms with E-state index in [1.165, 1.54) is 0 Å². The number of hydrogen-bond acceptors (Lipinski definition) is 4. The van der Waals surface area contributed by atoms with Crippen LogP contribution in [-0.4, -0.2) is 75.0 Å². The minimum absolute atomic E-state index is 0.0441. The van der Waals surface area contributed by atoms with Gasteiger partial charge in [-0.1, -0.05) is 27.7 Å². The maximum atomic E-state index is 11.8. The van der Waals surface area contributed by atoms with Crippen molar-refractivity contribution in [2.75, 3.05) is 46.3 Å². The lowest BCUT2D eigenvalue weighted by Gasteiger charge is -2.32. The second-order valence-electron chi connectivity index (χ2n) is 8.05. The average molecular weight is 383 g/mol. The molecular weight excluding hydrogens is 344 g/mol. The molecule has 4 N–H and O–H groups in total. The molecule has 27 heavy (non-hydrogen) atoms. The Balaban J connectivity index is 2.23. The first kappa shape index (κ1) is 23.2. The van der Waals surface area contributed by atoms with Crippen molar-refractivity contribution in [3.63, 3.8) is 0 Å². The SMILES string of the molecule is CCCNC(=O)CN1CCC(NC(=NC)NCCNC(=O)C(C)(C)C)CC1. The molecule has 1 saturated heterocycles. The molecule has 0 aromatic carbocycles. The second-order valence-corrected chi connectivity index (χ2v) is 8.05. The lowest BCUT2D eigenvalue weighted by molar-refractivity contribution is -0.128. The van der Waals surface area contributed by atoms with Crippen molar-refractivity contribution in [2.45, 2.75) is 53.0 Å². The number of nitrogens with one attached hydrogen (secondary N) is 4. The monoisotopic (exact) mass is 382 g/mol. The van der Waals surface area contributed by atoms with Crippen molar-refractivity contribution >= 4 is 17.8 Å². The van der Waals surface area contributed by atoms with E-state index >= 15 is 0 Å². The Hall–Kier alpha value is -1.83. The van der Waals surface area contributed by atoms with E-state index in [0.29, 0.717) is 25.7 Å². The molecule has 1 rings (SSSR count). The molecule has 8 heteroatoms. The number of amides is 2. The molecule has 2 amide bonds. The van der Waals surface area contributed by atoms with Crippen LogP contribution in [0.4, 0.5) is 0 Å². The number of likely N-dealkylation sites (tertiary alicyclic amines) is 1. The summed E-state index contributed by atoms with van der Waals surface area (Å²) in [5.41, 5.74) is -0.374. The molecule has 0 aliphatic carbocycles. The van der Waals surface area contributed by atoms with E-state index in [-0.39, 0.29) is 17.2 Å². The van der Waals surface area contributed by atoms with E-state index in [4.69, 9.17) is 0 Å². The zero-order valence-corrected chi connectivity index (χ0v) is 17.7. The number of aliphatic imine (C=N–C) groups is 1. The zero-order valence-electron chi connectivity index (χ0n) is 17.7. The van der Waals surface area contributed by atoms with Gasteiger partial charge in [0.15, 0.2) is 5.96 Å². The van der Waals surface area contributed by atoms with Gasteiger partial charge in [0.05, 0.1) is 6.54 Å². The predicted octanol–water partition coefficient (Wildman–Crippen LogP) is 0.304. The number of guanidine groups is 1. The first-order valence-corrected chi connectivity index (χ1v) is 10.0. The van der Waals surface area contributed by atoms with Crippen LogP contribution >= 0.6 is 0 Å². The van der Waals surface area contributed by atoms with Gasteiger partial charge in [-0.15, -0.1) is 0 Å². The van der Waals surface area contributed by atoms with Crippen LogP contribution in [0.3, 0.4) is 0 Å². The van der Waals surface area contributed by atoms with Crippen LogP contribution < -0.4 is 21.3 Å². The number of carbonyl (C=O) groups excluding carboxylic acids is 2.